The van der Waals surface area contributed by atoms with Crippen LogP contribution < -0.4 is 15.6 Å². The molecule has 0 aliphatic carbocycles. The number of unbranched alkanes of at least 4 members (excludes halogenated alkanes) is 6. The molecular formula is C58H74N4O5Si. The highest BCUT2D eigenvalue weighted by Crippen LogP contribution is 2.42. The molecule has 1 unspecified atom stereocenters. The molecule has 2 N–H and O–H groups in total. The van der Waals surface area contributed by atoms with E-state index in [1.54, 1.807) is 6.07 Å². The maximum absolute atomic E-state index is 12.9. The van der Waals surface area contributed by atoms with Crippen LogP contribution in [0.25, 0.3) is 22.0 Å². The minimum atomic E-state index is -2.24. The maximum atomic E-state index is 12.9. The molecule has 360 valence electrons. The highest BCUT2D eigenvalue weighted by molar-refractivity contribution is 6.74. The summed E-state index contributed by atoms with van der Waals surface area (Å²) in [6.07, 6.45) is 9.57. The lowest BCUT2D eigenvalue weighted by Gasteiger charge is -2.41. The van der Waals surface area contributed by atoms with Crippen molar-refractivity contribution in [3.63, 3.8) is 0 Å². The molecule has 1 aromatic heterocycles. The smallest absolute Gasteiger partial charge is 0.411 e. The van der Waals surface area contributed by atoms with Crippen LogP contribution in [0.1, 0.15) is 101 Å². The van der Waals surface area contributed by atoms with Crippen LogP contribution in [0.5, 0.6) is 5.75 Å². The van der Waals surface area contributed by atoms with Gasteiger partial charge in [0.15, 0.2) is 8.32 Å². The van der Waals surface area contributed by atoms with E-state index in [-0.39, 0.29) is 28.9 Å². The molecule has 1 amide bonds. The van der Waals surface area contributed by atoms with E-state index in [1.807, 2.05) is 97.1 Å². The van der Waals surface area contributed by atoms with Gasteiger partial charge in [-0.15, -0.1) is 0 Å². The second-order valence-corrected chi connectivity index (χ2v) is 24.8. The zero-order valence-electron chi connectivity index (χ0n) is 41.2. The Kier molecular flexibility index (Phi) is 18.3. The molecule has 1 aliphatic rings. The number of piperidine rings is 1. The third-order valence-electron chi connectivity index (χ3n) is 13.9. The van der Waals surface area contributed by atoms with Crippen LogP contribution in [0.15, 0.2) is 144 Å². The van der Waals surface area contributed by atoms with Crippen LogP contribution in [-0.2, 0) is 22.3 Å². The summed E-state index contributed by atoms with van der Waals surface area (Å²) < 4.78 is 19.6. The average Bonchev–Trinajstić information content (AvgIpc) is 3.33. The van der Waals surface area contributed by atoms with Crippen LogP contribution in [0, 0.1) is 0 Å². The molecule has 1 saturated heterocycles. The van der Waals surface area contributed by atoms with E-state index >= 15 is 0 Å². The number of para-hydroxylation sites is 1. The van der Waals surface area contributed by atoms with Crippen molar-refractivity contribution in [1.29, 1.82) is 0 Å². The van der Waals surface area contributed by atoms with Gasteiger partial charge in [0.05, 0.1) is 17.3 Å². The van der Waals surface area contributed by atoms with Crippen LogP contribution >= 0.6 is 0 Å². The second kappa shape index (κ2) is 24.7. The molecule has 5 aromatic carbocycles. The summed E-state index contributed by atoms with van der Waals surface area (Å²) in [7, 11) is -2.24. The molecule has 9 nitrogen and oxygen atoms in total. The number of benzene rings is 5. The summed E-state index contributed by atoms with van der Waals surface area (Å²) in [5, 5.41) is 3.97. The summed E-state index contributed by atoms with van der Waals surface area (Å²) in [6.45, 7) is 17.5. The number of likely N-dealkylation sites (tertiary alicyclic amines) is 1. The lowest BCUT2D eigenvalue weighted by atomic mass is 10.0. The van der Waals surface area contributed by atoms with Crippen LogP contribution in [-0.4, -0.2) is 68.0 Å². The number of ether oxygens (including phenoxy) is 2. The number of carbonyl (C=O) groups is 1. The molecule has 0 saturated carbocycles. The largest absolute Gasteiger partial charge is 0.487 e. The molecule has 7 rings (SSSR count). The van der Waals surface area contributed by atoms with E-state index in [0.29, 0.717) is 17.9 Å². The van der Waals surface area contributed by atoms with Gasteiger partial charge < -0.3 is 23.8 Å². The second-order valence-electron chi connectivity index (χ2n) is 20.1. The number of amides is 1. The number of H-pyrrole nitrogens is 1. The summed E-state index contributed by atoms with van der Waals surface area (Å²) >= 11 is 0. The molecule has 1 atom stereocenters. The first-order chi connectivity index (χ1) is 32.9. The first kappa shape index (κ1) is 50.4. The Morgan fingerprint density at radius 3 is 2.06 bits per heavy atom. The van der Waals surface area contributed by atoms with Gasteiger partial charge in [-0.1, -0.05) is 168 Å². The van der Waals surface area contributed by atoms with Gasteiger partial charge in [0.25, 0.3) is 0 Å². The zero-order valence-corrected chi connectivity index (χ0v) is 42.2. The molecular weight excluding hydrogens is 861 g/mol. The van der Waals surface area contributed by atoms with Gasteiger partial charge in [0.2, 0.25) is 5.56 Å². The van der Waals surface area contributed by atoms with Crippen molar-refractivity contribution >= 4 is 31.0 Å². The number of fused-ring (bicyclic) bond motifs is 1. The highest BCUT2D eigenvalue weighted by Gasteiger charge is 2.40. The molecule has 2 heterocycles. The number of pyridine rings is 1. The molecule has 10 heteroatoms. The fourth-order valence-corrected chi connectivity index (χ4v) is 10.3. The number of hydrogen-bond acceptors (Lipinski definition) is 7. The first-order valence-electron chi connectivity index (χ1n) is 25.0. The SMILES string of the molecule is CC(C)(C)[Si](C)(C)OC(CN(CCCCCCCCCN1CCC(OC(=O)Nc2ccccc2-c2ccccc2)CC1)Cc1ccccc1)c1ccc(OCc2ccccc2)c2[nH]c(=O)ccc12. The Morgan fingerprint density at radius 1 is 0.750 bits per heavy atom. The first-order valence-corrected chi connectivity index (χ1v) is 27.9. The topological polar surface area (TPSA) is 96.1 Å². The highest BCUT2D eigenvalue weighted by atomic mass is 28.4. The lowest BCUT2D eigenvalue weighted by Crippen LogP contribution is -2.44. The summed E-state index contributed by atoms with van der Waals surface area (Å²) in [6, 6.07) is 46.6. The fraction of sp³-hybridized carbons (Fsp3) is 0.414. The Balaban J connectivity index is 0.884. The van der Waals surface area contributed by atoms with E-state index in [2.05, 4.69) is 90.4 Å². The Labute approximate surface area is 406 Å². The van der Waals surface area contributed by atoms with Crippen LogP contribution in [0.3, 0.4) is 0 Å². The van der Waals surface area contributed by atoms with E-state index in [0.717, 1.165) is 91.9 Å². The van der Waals surface area contributed by atoms with E-state index in [1.165, 1.54) is 44.1 Å². The average molecular weight is 935 g/mol. The van der Waals surface area contributed by atoms with Crippen LogP contribution in [0.4, 0.5) is 10.5 Å². The number of nitrogens with zero attached hydrogens (tertiary/aromatic N) is 2. The minimum absolute atomic E-state index is 0.0150. The van der Waals surface area contributed by atoms with E-state index < -0.39 is 8.32 Å². The quantitative estimate of drug-likeness (QED) is 0.0488. The molecule has 1 fully saturated rings. The van der Waals surface area contributed by atoms with Crippen LogP contribution in [0.2, 0.25) is 18.1 Å². The van der Waals surface area contributed by atoms with Gasteiger partial charge in [-0.2, -0.15) is 0 Å². The molecule has 0 spiro atoms. The number of anilines is 1. The number of nitrogens with one attached hydrogen (secondary N) is 2. The summed E-state index contributed by atoms with van der Waals surface area (Å²) in [4.78, 5) is 33.9. The monoisotopic (exact) mass is 935 g/mol. The predicted octanol–water partition coefficient (Wildman–Crippen LogP) is 13.8. The molecule has 68 heavy (non-hydrogen) atoms. The van der Waals surface area contributed by atoms with E-state index in [4.69, 9.17) is 13.9 Å². The standard InChI is InChI=1S/C58H74N4O5Si/c1-58(2,3)68(4,5)67-54(50-32-34-53(56-51(50)33-35-55(63)60-56)65-44-46-26-16-12-17-27-46)43-62(42-45-24-14-11-15-25-45)39-23-10-8-6-7-9-22-38-61-40-36-48(37-41-61)66-57(64)59-52-31-21-20-30-49(52)47-28-18-13-19-29-47/h11-21,24-35,48,54H,6-10,22-23,36-44H2,1-5H3,(H,59,64)(H,60,63). The minimum Gasteiger partial charge on any atom is -0.487 e. The van der Waals surface area contributed by atoms with E-state index in [9.17, 15) is 9.59 Å². The summed E-state index contributed by atoms with van der Waals surface area (Å²) in [5.74, 6) is 0.660. The number of aromatic nitrogens is 1. The van der Waals surface area contributed by atoms with Gasteiger partial charge in [0.1, 0.15) is 18.5 Å². The van der Waals surface area contributed by atoms with Crippen molar-refractivity contribution in [3.05, 3.63) is 167 Å². The molecule has 0 bridgehead atoms. The normalized spacial score (nSPS) is 14.3. The Hall–Kier alpha value is -5.52. The van der Waals surface area contributed by atoms with Crippen molar-refractivity contribution in [2.24, 2.45) is 0 Å². The van der Waals surface area contributed by atoms with Crippen molar-refractivity contribution in [2.75, 3.05) is 38.0 Å². The van der Waals surface area contributed by atoms with Gasteiger partial charge in [-0.3, -0.25) is 15.0 Å². The number of rotatable bonds is 23. The van der Waals surface area contributed by atoms with Gasteiger partial charge >= 0.3 is 6.09 Å². The number of aromatic amines is 1. The van der Waals surface area contributed by atoms with Gasteiger partial charge in [-0.25, -0.2) is 4.79 Å². The lowest BCUT2D eigenvalue weighted by molar-refractivity contribution is 0.0584. The van der Waals surface area contributed by atoms with Crippen molar-refractivity contribution in [3.8, 4) is 16.9 Å². The Morgan fingerprint density at radius 2 is 1.37 bits per heavy atom. The molecule has 0 radical (unpaired) electrons. The molecule has 1 aliphatic heterocycles. The van der Waals surface area contributed by atoms with Crippen molar-refractivity contribution < 1.29 is 18.7 Å². The predicted molar refractivity (Wildman–Crippen MR) is 282 cm³/mol. The van der Waals surface area contributed by atoms with Gasteiger partial charge in [-0.05, 0) is 97.4 Å². The third kappa shape index (κ3) is 14.7. The fourth-order valence-electron chi connectivity index (χ4n) is 8.98. The molecule has 6 aromatic rings. The summed E-state index contributed by atoms with van der Waals surface area (Å²) in [5.41, 5.74) is 6.81. The van der Waals surface area contributed by atoms with Gasteiger partial charge in [0, 0.05) is 43.2 Å². The number of hydrogen-bond donors (Lipinski definition) is 2. The van der Waals surface area contributed by atoms with Crippen molar-refractivity contribution in [2.45, 2.75) is 122 Å². The zero-order chi connectivity index (χ0) is 47.8. The third-order valence-corrected chi connectivity index (χ3v) is 18.4. The Bertz CT molecular complexity index is 2520. The maximum Gasteiger partial charge on any atom is 0.411 e. The number of carbonyl (C=O) groups excluding carboxylic acids is 1. The van der Waals surface area contributed by atoms with Crippen molar-refractivity contribution in [1.82, 2.24) is 14.8 Å².